The summed E-state index contributed by atoms with van der Waals surface area (Å²) in [5.41, 5.74) is 9.04. The molecule has 0 aliphatic heterocycles. The first kappa shape index (κ1) is 22.3. The molecule has 2 rings (SSSR count). The smallest absolute Gasteiger partial charge is 0.334 e. The molecule has 1 heterocycles. The highest BCUT2D eigenvalue weighted by atomic mass is 32.3. The molecule has 7 N–H and O–H groups in total. The van der Waals surface area contributed by atoms with E-state index in [1.165, 1.54) is 16.7 Å². The van der Waals surface area contributed by atoms with E-state index in [0.717, 1.165) is 16.5 Å². The Morgan fingerprint density at radius 2 is 1.96 bits per heavy atom. The van der Waals surface area contributed by atoms with Crippen LogP contribution < -0.4 is 16.1 Å². The first-order valence-electron chi connectivity index (χ1n) is 7.46. The summed E-state index contributed by atoms with van der Waals surface area (Å²) in [5, 5.41) is 17.0. The Morgan fingerprint density at radius 1 is 1.37 bits per heavy atom. The molecule has 27 heavy (non-hydrogen) atoms. The van der Waals surface area contributed by atoms with E-state index in [0.29, 0.717) is 13.0 Å². The third-order valence-electron chi connectivity index (χ3n) is 3.23. The Balaban J connectivity index is 0.000000646. The number of guanidine groups is 1. The van der Waals surface area contributed by atoms with Crippen LogP contribution in [0.2, 0.25) is 0 Å². The fourth-order valence-electron chi connectivity index (χ4n) is 2.14. The maximum atomic E-state index is 11.9. The Labute approximate surface area is 155 Å². The quantitative estimate of drug-likeness (QED) is 0.161. The second kappa shape index (κ2) is 9.84. The van der Waals surface area contributed by atoms with Gasteiger partial charge in [-0.3, -0.25) is 19.7 Å². The largest absolute Gasteiger partial charge is 0.394 e. The monoisotopic (exact) mass is 403 g/mol. The van der Waals surface area contributed by atoms with Crippen molar-refractivity contribution in [1.82, 2.24) is 15.1 Å². The molecular formula is C14H21N5O7S. The van der Waals surface area contributed by atoms with Gasteiger partial charge in [-0.2, -0.15) is 13.1 Å². The van der Waals surface area contributed by atoms with Crippen LogP contribution in [0.1, 0.15) is 5.56 Å². The molecule has 13 heteroatoms. The number of nitrogens with zero attached hydrogens (tertiary/aromatic N) is 2. The highest BCUT2D eigenvalue weighted by Crippen LogP contribution is 2.20. The van der Waals surface area contributed by atoms with Gasteiger partial charge in [0.15, 0.2) is 0 Å². The van der Waals surface area contributed by atoms with Crippen molar-refractivity contribution in [2.24, 2.45) is 5.73 Å². The van der Waals surface area contributed by atoms with Gasteiger partial charge in [-0.25, -0.2) is 10.3 Å². The normalized spacial score (nSPS) is 10.7. The molecule has 0 unspecified atom stereocenters. The van der Waals surface area contributed by atoms with Gasteiger partial charge in [-0.15, -0.1) is 0 Å². The van der Waals surface area contributed by atoms with E-state index in [9.17, 15) is 4.79 Å². The zero-order valence-electron chi connectivity index (χ0n) is 14.4. The van der Waals surface area contributed by atoms with Gasteiger partial charge in [-0.05, 0) is 24.6 Å². The molecule has 0 spiro atoms. The van der Waals surface area contributed by atoms with Crippen molar-refractivity contribution in [2.75, 3.05) is 20.1 Å². The van der Waals surface area contributed by atoms with Crippen LogP contribution >= 0.6 is 0 Å². The standard InChI is InChI=1S/C14H19N5O3.H2O4S/c1-18(14(16)17-21)9-13(20)22-19-8-10(6-7-15)11-4-2-3-5-12(11)19;1-5(2,3)4/h2-5,8,21H,6-7,9,15H2,1H3,(H2,16,17);(H2,1,2,3,4). The Morgan fingerprint density at radius 3 is 2.52 bits per heavy atom. The molecule has 0 saturated heterocycles. The number of hydrogen-bond donors (Lipinski definition) is 6. The van der Waals surface area contributed by atoms with Gasteiger partial charge in [0.2, 0.25) is 5.96 Å². The average molecular weight is 403 g/mol. The number of fused-ring (bicyclic) bond motifs is 1. The Bertz CT molecular complexity index is 888. The van der Waals surface area contributed by atoms with Crippen molar-refractivity contribution >= 4 is 33.2 Å². The first-order valence-corrected chi connectivity index (χ1v) is 8.86. The van der Waals surface area contributed by atoms with Crippen molar-refractivity contribution in [3.8, 4) is 0 Å². The first-order chi connectivity index (χ1) is 12.6. The molecule has 0 radical (unpaired) electrons. The summed E-state index contributed by atoms with van der Waals surface area (Å²) in [5.74, 6) is -0.847. The molecule has 2 aromatic rings. The van der Waals surface area contributed by atoms with E-state index in [4.69, 9.17) is 38.7 Å². The summed E-state index contributed by atoms with van der Waals surface area (Å²) < 4.78 is 33.0. The molecule has 0 fully saturated rings. The lowest BCUT2D eigenvalue weighted by atomic mass is 10.1. The third-order valence-corrected chi connectivity index (χ3v) is 3.23. The van der Waals surface area contributed by atoms with Gasteiger partial charge in [0.1, 0.15) is 6.54 Å². The number of benzene rings is 1. The second-order valence-corrected chi connectivity index (χ2v) is 6.16. The fraction of sp³-hybridized carbons (Fsp3) is 0.286. The van der Waals surface area contributed by atoms with Gasteiger partial charge in [0.05, 0.1) is 5.52 Å². The van der Waals surface area contributed by atoms with Crippen molar-refractivity contribution in [2.45, 2.75) is 6.42 Å². The van der Waals surface area contributed by atoms with Crippen LogP contribution in [0.4, 0.5) is 0 Å². The summed E-state index contributed by atoms with van der Waals surface area (Å²) >= 11 is 0. The van der Waals surface area contributed by atoms with Crippen molar-refractivity contribution in [1.29, 1.82) is 5.41 Å². The van der Waals surface area contributed by atoms with Crippen molar-refractivity contribution in [3.63, 3.8) is 0 Å². The number of para-hydroxylation sites is 1. The molecule has 0 saturated carbocycles. The highest BCUT2D eigenvalue weighted by Gasteiger charge is 2.14. The number of nitrogens with two attached hydrogens (primary N) is 1. The minimum Gasteiger partial charge on any atom is -0.334 e. The van der Waals surface area contributed by atoms with Crippen LogP contribution in [0.3, 0.4) is 0 Å². The Hall–Kier alpha value is -2.71. The lowest BCUT2D eigenvalue weighted by Gasteiger charge is -2.17. The number of carbonyl (C=O) groups excluding carboxylic acids is 1. The lowest BCUT2D eigenvalue weighted by molar-refractivity contribution is -0.143. The zero-order valence-corrected chi connectivity index (χ0v) is 15.2. The predicted octanol–water partition coefficient (Wildman–Crippen LogP) is -0.710. The lowest BCUT2D eigenvalue weighted by Crippen LogP contribution is -2.41. The number of aromatic nitrogens is 1. The Kier molecular flexibility index (Phi) is 8.14. The number of likely N-dealkylation sites (N-methyl/N-ethyl adjacent to an activating group) is 1. The summed E-state index contributed by atoms with van der Waals surface area (Å²) in [4.78, 5) is 18.5. The molecule has 150 valence electrons. The molecule has 0 aliphatic rings. The fourth-order valence-corrected chi connectivity index (χ4v) is 2.14. The van der Waals surface area contributed by atoms with E-state index < -0.39 is 16.4 Å². The summed E-state index contributed by atoms with van der Waals surface area (Å²) in [6.07, 6.45) is 2.43. The molecule has 1 aromatic heterocycles. The van der Waals surface area contributed by atoms with Crippen molar-refractivity contribution < 1.29 is 32.4 Å². The van der Waals surface area contributed by atoms with Crippen molar-refractivity contribution in [3.05, 3.63) is 36.0 Å². The summed E-state index contributed by atoms with van der Waals surface area (Å²) in [7, 11) is -3.18. The SMILES string of the molecule is CN(CC(=O)On1cc(CCN)c2ccccc21)C(=N)NO.O=S(=O)(O)O. The van der Waals surface area contributed by atoms with Crippen LogP contribution in [0.25, 0.3) is 10.9 Å². The predicted molar refractivity (Wildman–Crippen MR) is 95.7 cm³/mol. The van der Waals surface area contributed by atoms with Crippen LogP contribution in [0.5, 0.6) is 0 Å². The summed E-state index contributed by atoms with van der Waals surface area (Å²) in [6.45, 7) is 0.329. The molecule has 0 amide bonds. The molecule has 1 aromatic carbocycles. The maximum Gasteiger partial charge on any atom is 0.394 e. The third kappa shape index (κ3) is 7.59. The van der Waals surface area contributed by atoms with Crippen LogP contribution in [-0.2, 0) is 21.6 Å². The maximum absolute atomic E-state index is 11.9. The van der Waals surface area contributed by atoms with E-state index in [2.05, 4.69) is 0 Å². The second-order valence-electron chi connectivity index (χ2n) is 5.26. The molecule has 0 atom stereocenters. The molecule has 0 aliphatic carbocycles. The molecule has 12 nitrogen and oxygen atoms in total. The number of hydrogen-bond acceptors (Lipinski definition) is 7. The number of rotatable bonds is 5. The van der Waals surface area contributed by atoms with Gasteiger partial charge in [-0.1, -0.05) is 18.2 Å². The van der Waals surface area contributed by atoms with Gasteiger partial charge in [0, 0.05) is 18.6 Å². The summed E-state index contributed by atoms with van der Waals surface area (Å²) in [6, 6.07) is 7.57. The van der Waals surface area contributed by atoms with E-state index in [1.54, 1.807) is 11.7 Å². The van der Waals surface area contributed by atoms with Gasteiger partial charge < -0.3 is 15.5 Å². The minimum absolute atomic E-state index is 0.175. The number of nitrogens with one attached hydrogen (secondary N) is 2. The minimum atomic E-state index is -4.67. The van der Waals surface area contributed by atoms with Crippen LogP contribution in [0.15, 0.2) is 30.5 Å². The number of hydroxylamine groups is 1. The molecule has 0 bridgehead atoms. The van der Waals surface area contributed by atoms with Crippen LogP contribution in [0, 0.1) is 5.41 Å². The average Bonchev–Trinajstić information content (AvgIpc) is 2.91. The highest BCUT2D eigenvalue weighted by molar-refractivity contribution is 7.79. The number of carbonyl (C=O) groups is 1. The van der Waals surface area contributed by atoms with E-state index >= 15 is 0 Å². The molecular weight excluding hydrogens is 382 g/mol. The topological polar surface area (TPSA) is 191 Å². The van der Waals surface area contributed by atoms with Crippen LogP contribution in [-0.4, -0.2) is 64.4 Å². The van der Waals surface area contributed by atoms with Gasteiger partial charge in [0.25, 0.3) is 0 Å². The van der Waals surface area contributed by atoms with E-state index in [-0.39, 0.29) is 12.5 Å². The van der Waals surface area contributed by atoms with Gasteiger partial charge >= 0.3 is 16.4 Å². The van der Waals surface area contributed by atoms with E-state index in [1.807, 2.05) is 24.3 Å². The zero-order chi connectivity index (χ0) is 20.6.